The monoisotopic (exact) mass is 335 g/mol. The summed E-state index contributed by atoms with van der Waals surface area (Å²) in [4.78, 5) is 10.7. The van der Waals surface area contributed by atoms with Gasteiger partial charge in [-0.2, -0.15) is 4.31 Å². The summed E-state index contributed by atoms with van der Waals surface area (Å²) in [5.41, 5.74) is 0. The number of aliphatic hydroxyl groups excluding tert-OH is 1. The van der Waals surface area contributed by atoms with E-state index in [9.17, 15) is 13.2 Å². The maximum atomic E-state index is 12.5. The van der Waals surface area contributed by atoms with Gasteiger partial charge in [0.05, 0.1) is 6.61 Å². The molecule has 0 amide bonds. The molecule has 0 atom stereocenters. The average Bonchev–Trinajstić information content (AvgIpc) is 2.92. The van der Waals surface area contributed by atoms with Crippen molar-refractivity contribution in [2.45, 2.75) is 37.5 Å². The number of sulfonamides is 1. The number of carboxylic acids is 1. The minimum Gasteiger partial charge on any atom is -0.477 e. The fraction of sp³-hybridized carbons (Fsp3) is 0.615. The predicted octanol–water partition coefficient (Wildman–Crippen LogP) is 2.01. The Kier molecular flexibility index (Phi) is 7.30. The van der Waals surface area contributed by atoms with Crippen molar-refractivity contribution in [3.63, 3.8) is 0 Å². The molecule has 1 heterocycles. The van der Waals surface area contributed by atoms with Crippen molar-refractivity contribution in [1.82, 2.24) is 4.31 Å². The van der Waals surface area contributed by atoms with Gasteiger partial charge in [0.25, 0.3) is 0 Å². The molecular formula is C13H21NO5S2. The van der Waals surface area contributed by atoms with E-state index in [0.717, 1.165) is 34.9 Å². The largest absolute Gasteiger partial charge is 0.477 e. The lowest BCUT2D eigenvalue weighted by Crippen LogP contribution is -2.35. The van der Waals surface area contributed by atoms with Crippen LogP contribution in [0.1, 0.15) is 42.3 Å². The second kappa shape index (κ2) is 8.47. The molecule has 0 radical (unpaired) electrons. The number of carbonyl (C=O) groups is 1. The average molecular weight is 335 g/mol. The van der Waals surface area contributed by atoms with Gasteiger partial charge in [-0.3, -0.25) is 0 Å². The number of rotatable bonds is 10. The van der Waals surface area contributed by atoms with Crippen LogP contribution in [0.25, 0.3) is 0 Å². The van der Waals surface area contributed by atoms with E-state index >= 15 is 0 Å². The number of nitrogens with zero attached hydrogens (tertiary/aromatic N) is 1. The molecule has 0 unspecified atom stereocenters. The molecule has 1 rings (SSSR count). The SMILES string of the molecule is CCCCCCN(CCO)S(=O)(=O)c1ccsc1C(=O)O. The smallest absolute Gasteiger partial charge is 0.347 e. The summed E-state index contributed by atoms with van der Waals surface area (Å²) in [6.45, 7) is 2.04. The molecule has 2 N–H and O–H groups in total. The lowest BCUT2D eigenvalue weighted by Gasteiger charge is -2.21. The van der Waals surface area contributed by atoms with Crippen LogP contribution in [0.2, 0.25) is 0 Å². The molecule has 0 aromatic carbocycles. The van der Waals surface area contributed by atoms with Crippen molar-refractivity contribution in [3.05, 3.63) is 16.3 Å². The highest BCUT2D eigenvalue weighted by atomic mass is 32.2. The zero-order chi connectivity index (χ0) is 15.9. The van der Waals surface area contributed by atoms with E-state index in [4.69, 9.17) is 10.2 Å². The van der Waals surface area contributed by atoms with Crippen LogP contribution in [0.15, 0.2) is 16.3 Å². The summed E-state index contributed by atoms with van der Waals surface area (Å²) in [7, 11) is -3.88. The van der Waals surface area contributed by atoms with Gasteiger partial charge >= 0.3 is 5.97 Å². The van der Waals surface area contributed by atoms with E-state index in [-0.39, 0.29) is 29.5 Å². The summed E-state index contributed by atoms with van der Waals surface area (Å²) in [6, 6.07) is 1.31. The van der Waals surface area contributed by atoms with Crippen molar-refractivity contribution < 1.29 is 23.4 Å². The number of carboxylic acid groups (broad SMARTS) is 1. The molecule has 21 heavy (non-hydrogen) atoms. The molecule has 120 valence electrons. The van der Waals surface area contributed by atoms with E-state index in [1.807, 2.05) is 0 Å². The summed E-state index contributed by atoms with van der Waals surface area (Å²) in [6.07, 6.45) is 3.66. The molecule has 0 fully saturated rings. The molecule has 0 aliphatic carbocycles. The summed E-state index contributed by atoms with van der Waals surface area (Å²) < 4.78 is 26.2. The van der Waals surface area contributed by atoms with Crippen molar-refractivity contribution in [1.29, 1.82) is 0 Å². The van der Waals surface area contributed by atoms with Crippen LogP contribution in [0.3, 0.4) is 0 Å². The van der Waals surface area contributed by atoms with Crippen molar-refractivity contribution in [2.24, 2.45) is 0 Å². The minimum absolute atomic E-state index is 0.0244. The van der Waals surface area contributed by atoms with Crippen LogP contribution in [0.4, 0.5) is 0 Å². The molecule has 1 aromatic rings. The third kappa shape index (κ3) is 4.77. The van der Waals surface area contributed by atoms with E-state index in [0.29, 0.717) is 6.42 Å². The highest BCUT2D eigenvalue weighted by Crippen LogP contribution is 2.25. The van der Waals surface area contributed by atoms with Crippen LogP contribution in [0.5, 0.6) is 0 Å². The standard InChI is InChI=1S/C13H21NO5S2/c1-2-3-4-5-7-14(8-9-15)21(18,19)11-6-10-20-12(11)13(16)17/h6,10,15H,2-5,7-9H2,1H3,(H,16,17). The molecule has 0 aliphatic rings. The van der Waals surface area contributed by atoms with E-state index in [2.05, 4.69) is 6.92 Å². The number of aliphatic hydroxyl groups is 1. The summed E-state index contributed by atoms with van der Waals surface area (Å²) >= 11 is 0.884. The Labute approximate surface area is 129 Å². The highest BCUT2D eigenvalue weighted by molar-refractivity contribution is 7.89. The van der Waals surface area contributed by atoms with E-state index in [1.165, 1.54) is 11.4 Å². The molecule has 6 nitrogen and oxygen atoms in total. The van der Waals surface area contributed by atoms with Crippen LogP contribution >= 0.6 is 11.3 Å². The first-order chi connectivity index (χ1) is 9.95. The molecule has 1 aromatic heterocycles. The normalized spacial score (nSPS) is 12.0. The second-order valence-electron chi connectivity index (χ2n) is 4.61. The Morgan fingerprint density at radius 1 is 1.29 bits per heavy atom. The summed E-state index contributed by atoms with van der Waals surface area (Å²) in [5.74, 6) is -1.25. The van der Waals surface area contributed by atoms with Gasteiger partial charge in [0, 0.05) is 13.1 Å². The number of aromatic carboxylic acids is 1. The molecule has 0 saturated carbocycles. The third-order valence-electron chi connectivity index (χ3n) is 3.05. The Balaban J connectivity index is 2.93. The predicted molar refractivity (Wildman–Crippen MR) is 81.3 cm³/mol. The zero-order valence-electron chi connectivity index (χ0n) is 12.0. The summed E-state index contributed by atoms with van der Waals surface area (Å²) in [5, 5.41) is 19.6. The van der Waals surface area contributed by atoms with Gasteiger partial charge in [-0.15, -0.1) is 11.3 Å². The molecule has 8 heteroatoms. The quantitative estimate of drug-likeness (QED) is 0.638. The number of hydrogen-bond acceptors (Lipinski definition) is 5. The van der Waals surface area contributed by atoms with Crippen molar-refractivity contribution >= 4 is 27.3 Å². The zero-order valence-corrected chi connectivity index (χ0v) is 13.6. The number of hydrogen-bond donors (Lipinski definition) is 2. The van der Waals surface area contributed by atoms with Crippen molar-refractivity contribution in [2.75, 3.05) is 19.7 Å². The molecule has 0 aliphatic heterocycles. The Morgan fingerprint density at radius 3 is 2.57 bits per heavy atom. The second-order valence-corrected chi connectivity index (χ2v) is 7.43. The van der Waals surface area contributed by atoms with E-state index < -0.39 is 16.0 Å². The van der Waals surface area contributed by atoms with Gasteiger partial charge in [-0.05, 0) is 17.9 Å². The molecule has 0 saturated heterocycles. The Morgan fingerprint density at radius 2 is 2.00 bits per heavy atom. The highest BCUT2D eigenvalue weighted by Gasteiger charge is 2.29. The molecular weight excluding hydrogens is 314 g/mol. The lowest BCUT2D eigenvalue weighted by atomic mass is 10.2. The van der Waals surface area contributed by atoms with Crippen LogP contribution in [-0.2, 0) is 10.0 Å². The Hall–Kier alpha value is -0.960. The first-order valence-electron chi connectivity index (χ1n) is 6.87. The number of unbranched alkanes of at least 4 members (excludes halogenated alkanes) is 3. The maximum absolute atomic E-state index is 12.5. The number of thiophene rings is 1. The topological polar surface area (TPSA) is 94.9 Å². The van der Waals surface area contributed by atoms with Crippen LogP contribution in [0, 0.1) is 0 Å². The fourth-order valence-electron chi connectivity index (χ4n) is 1.97. The van der Waals surface area contributed by atoms with Crippen molar-refractivity contribution in [3.8, 4) is 0 Å². The Bertz CT molecular complexity index is 553. The van der Waals surface area contributed by atoms with Gasteiger partial charge in [0.2, 0.25) is 10.0 Å². The van der Waals surface area contributed by atoms with Crippen LogP contribution in [-0.4, -0.2) is 48.6 Å². The third-order valence-corrected chi connectivity index (χ3v) is 6.02. The minimum atomic E-state index is -3.88. The lowest BCUT2D eigenvalue weighted by molar-refractivity contribution is 0.0698. The van der Waals surface area contributed by atoms with Gasteiger partial charge in [-0.25, -0.2) is 13.2 Å². The van der Waals surface area contributed by atoms with E-state index in [1.54, 1.807) is 0 Å². The first-order valence-corrected chi connectivity index (χ1v) is 9.19. The van der Waals surface area contributed by atoms with Gasteiger partial charge in [-0.1, -0.05) is 26.2 Å². The van der Waals surface area contributed by atoms with Gasteiger partial charge < -0.3 is 10.2 Å². The maximum Gasteiger partial charge on any atom is 0.347 e. The van der Waals surface area contributed by atoms with Gasteiger partial charge in [0.1, 0.15) is 9.77 Å². The van der Waals surface area contributed by atoms with Gasteiger partial charge in [0.15, 0.2) is 0 Å². The molecule has 0 bridgehead atoms. The molecule has 0 spiro atoms. The first kappa shape index (κ1) is 18.1. The fourth-order valence-corrected chi connectivity index (χ4v) is 4.68. The van der Waals surface area contributed by atoms with Crippen LogP contribution < -0.4 is 0 Å².